The van der Waals surface area contributed by atoms with Crippen LogP contribution < -0.4 is 0 Å². The molecule has 4 rings (SSSR count). The summed E-state index contributed by atoms with van der Waals surface area (Å²) in [5.74, 6) is -0.0540. The first-order valence-electron chi connectivity index (χ1n) is 10.4. The molecule has 3 aromatic rings. The molecule has 2 atom stereocenters. The van der Waals surface area contributed by atoms with E-state index in [1.54, 1.807) is 6.08 Å². The van der Waals surface area contributed by atoms with Gasteiger partial charge in [-0.05, 0) is 25.1 Å². The van der Waals surface area contributed by atoms with E-state index in [2.05, 4.69) is 10.6 Å². The van der Waals surface area contributed by atoms with Crippen molar-refractivity contribution in [2.24, 2.45) is 0 Å². The molecular weight excluding hydrogens is 410 g/mol. The van der Waals surface area contributed by atoms with Gasteiger partial charge in [-0.25, -0.2) is 0 Å². The second kappa shape index (κ2) is 9.38. The molecule has 0 aliphatic carbocycles. The summed E-state index contributed by atoms with van der Waals surface area (Å²) >= 11 is 6.34. The van der Waals surface area contributed by atoms with E-state index in [0.29, 0.717) is 31.1 Å². The van der Waals surface area contributed by atoms with Gasteiger partial charge in [0, 0.05) is 45.9 Å². The van der Waals surface area contributed by atoms with Crippen molar-refractivity contribution in [3.8, 4) is 6.07 Å². The molecule has 2 unspecified atom stereocenters. The van der Waals surface area contributed by atoms with Gasteiger partial charge in [-0.15, -0.1) is 0 Å². The predicted octanol–water partition coefficient (Wildman–Crippen LogP) is 5.21. The number of para-hydroxylation sites is 1. The molecule has 1 aromatic heterocycles. The standard InChI is InChI=1S/C25H24ClN3O2/c1-18-17-31-24(21-8-2-4-9-22(21)26)16-29(18)25(30)12-11-19-15-28(14-6-13-27)23-10-5-3-7-20(19)23/h2-5,7-12,15,18,24H,6,14,16-17H2,1H3. The van der Waals surface area contributed by atoms with E-state index in [0.717, 1.165) is 22.0 Å². The Bertz CT molecular complexity index is 1160. The average molecular weight is 434 g/mol. The number of aromatic nitrogens is 1. The zero-order chi connectivity index (χ0) is 21.8. The quantitative estimate of drug-likeness (QED) is 0.519. The fourth-order valence-corrected chi connectivity index (χ4v) is 4.27. The van der Waals surface area contributed by atoms with Gasteiger partial charge in [0.15, 0.2) is 0 Å². The molecule has 2 heterocycles. The SMILES string of the molecule is CC1COC(c2ccccc2Cl)CN1C(=O)C=Cc1cn(CCC#N)c2ccccc12. The molecule has 31 heavy (non-hydrogen) atoms. The minimum atomic E-state index is -0.241. The largest absolute Gasteiger partial charge is 0.369 e. The molecule has 0 radical (unpaired) electrons. The summed E-state index contributed by atoms with van der Waals surface area (Å²) in [7, 11) is 0. The number of amides is 1. The van der Waals surface area contributed by atoms with Crippen LogP contribution in [0.3, 0.4) is 0 Å². The predicted molar refractivity (Wildman–Crippen MR) is 123 cm³/mol. The Labute approximate surface area is 187 Å². The topological polar surface area (TPSA) is 58.3 Å². The number of nitrogens with zero attached hydrogens (tertiary/aromatic N) is 3. The van der Waals surface area contributed by atoms with Crippen LogP contribution in [0.25, 0.3) is 17.0 Å². The third kappa shape index (κ3) is 4.51. The van der Waals surface area contributed by atoms with Gasteiger partial charge < -0.3 is 14.2 Å². The molecule has 158 valence electrons. The Hall–Kier alpha value is -3.07. The van der Waals surface area contributed by atoms with Gasteiger partial charge in [0.25, 0.3) is 0 Å². The number of rotatable bonds is 5. The van der Waals surface area contributed by atoms with Crippen molar-refractivity contribution >= 4 is 34.5 Å². The van der Waals surface area contributed by atoms with Crippen molar-refractivity contribution in [2.45, 2.75) is 32.0 Å². The van der Waals surface area contributed by atoms with Gasteiger partial charge in [0.05, 0.1) is 31.7 Å². The molecule has 1 amide bonds. The van der Waals surface area contributed by atoms with Gasteiger partial charge in [0.2, 0.25) is 5.91 Å². The lowest BCUT2D eigenvalue weighted by Crippen LogP contribution is -2.47. The van der Waals surface area contributed by atoms with Crippen LogP contribution in [0.5, 0.6) is 0 Å². The number of carbonyl (C=O) groups excluding carboxylic acids is 1. The molecule has 1 aliphatic rings. The first kappa shape index (κ1) is 21.2. The van der Waals surface area contributed by atoms with Crippen LogP contribution in [0.4, 0.5) is 0 Å². The number of carbonyl (C=O) groups is 1. The van der Waals surface area contributed by atoms with E-state index < -0.39 is 0 Å². The van der Waals surface area contributed by atoms with Crippen LogP contribution in [0.1, 0.15) is 30.6 Å². The molecule has 6 heteroatoms. The van der Waals surface area contributed by atoms with E-state index in [1.807, 2.05) is 72.6 Å². The molecule has 1 saturated heterocycles. The number of fused-ring (bicyclic) bond motifs is 1. The van der Waals surface area contributed by atoms with Gasteiger partial charge in [-0.1, -0.05) is 48.0 Å². The molecule has 0 N–H and O–H groups in total. The Morgan fingerprint density at radius 3 is 2.84 bits per heavy atom. The number of halogens is 1. The first-order chi connectivity index (χ1) is 15.1. The lowest BCUT2D eigenvalue weighted by molar-refractivity contribution is -0.139. The van der Waals surface area contributed by atoms with Crippen molar-refractivity contribution in [3.63, 3.8) is 0 Å². The third-order valence-electron chi connectivity index (χ3n) is 5.66. The molecule has 1 aliphatic heterocycles. The Kier molecular flexibility index (Phi) is 6.41. The van der Waals surface area contributed by atoms with Crippen molar-refractivity contribution < 1.29 is 9.53 Å². The number of morpholine rings is 1. The third-order valence-corrected chi connectivity index (χ3v) is 6.00. The molecule has 0 spiro atoms. The highest BCUT2D eigenvalue weighted by Gasteiger charge is 2.30. The molecule has 2 aromatic carbocycles. The monoisotopic (exact) mass is 433 g/mol. The zero-order valence-corrected chi connectivity index (χ0v) is 18.1. The number of aryl methyl sites for hydroxylation is 1. The van der Waals surface area contributed by atoms with Crippen molar-refractivity contribution in [1.29, 1.82) is 5.26 Å². The second-order valence-electron chi connectivity index (χ2n) is 7.72. The minimum Gasteiger partial charge on any atom is -0.369 e. The van der Waals surface area contributed by atoms with Crippen molar-refractivity contribution in [2.75, 3.05) is 13.2 Å². The van der Waals surface area contributed by atoms with E-state index in [-0.39, 0.29) is 18.1 Å². The normalized spacial score (nSPS) is 19.1. The van der Waals surface area contributed by atoms with Crippen LogP contribution in [-0.2, 0) is 16.1 Å². The lowest BCUT2D eigenvalue weighted by Gasteiger charge is -2.38. The van der Waals surface area contributed by atoms with E-state index >= 15 is 0 Å². The lowest BCUT2D eigenvalue weighted by atomic mass is 10.1. The second-order valence-corrected chi connectivity index (χ2v) is 8.13. The number of benzene rings is 2. The minimum absolute atomic E-state index is 0.0205. The average Bonchev–Trinajstić information content (AvgIpc) is 3.14. The van der Waals surface area contributed by atoms with Crippen LogP contribution in [0.2, 0.25) is 5.02 Å². The smallest absolute Gasteiger partial charge is 0.246 e. The van der Waals surface area contributed by atoms with Crippen molar-refractivity contribution in [3.05, 3.63) is 77.0 Å². The van der Waals surface area contributed by atoms with Crippen LogP contribution >= 0.6 is 11.6 Å². The number of hydrogen-bond acceptors (Lipinski definition) is 3. The number of hydrogen-bond donors (Lipinski definition) is 0. The highest BCUT2D eigenvalue weighted by molar-refractivity contribution is 6.31. The summed E-state index contributed by atoms with van der Waals surface area (Å²) in [5, 5.41) is 10.6. The van der Waals surface area contributed by atoms with E-state index in [1.165, 1.54) is 0 Å². The molecule has 1 fully saturated rings. The molecule has 5 nitrogen and oxygen atoms in total. The van der Waals surface area contributed by atoms with Crippen LogP contribution in [-0.4, -0.2) is 34.6 Å². The highest BCUT2D eigenvalue weighted by atomic mass is 35.5. The maximum absolute atomic E-state index is 13.1. The van der Waals surface area contributed by atoms with E-state index in [4.69, 9.17) is 21.6 Å². The molecule has 0 bridgehead atoms. The maximum Gasteiger partial charge on any atom is 0.246 e. The summed E-state index contributed by atoms with van der Waals surface area (Å²) < 4.78 is 8.03. The van der Waals surface area contributed by atoms with Gasteiger partial charge in [-0.2, -0.15) is 5.26 Å². The van der Waals surface area contributed by atoms with E-state index in [9.17, 15) is 4.79 Å². The Balaban J connectivity index is 1.55. The fourth-order valence-electron chi connectivity index (χ4n) is 4.01. The zero-order valence-electron chi connectivity index (χ0n) is 17.4. The Morgan fingerprint density at radius 1 is 1.26 bits per heavy atom. The summed E-state index contributed by atoms with van der Waals surface area (Å²) in [5.41, 5.74) is 2.92. The number of nitriles is 1. The summed E-state index contributed by atoms with van der Waals surface area (Å²) in [6.07, 6.45) is 5.69. The highest BCUT2D eigenvalue weighted by Crippen LogP contribution is 2.30. The number of ether oxygens (including phenoxy) is 1. The maximum atomic E-state index is 13.1. The first-order valence-corrected chi connectivity index (χ1v) is 10.8. The van der Waals surface area contributed by atoms with Crippen LogP contribution in [0.15, 0.2) is 60.8 Å². The summed E-state index contributed by atoms with van der Waals surface area (Å²) in [4.78, 5) is 14.9. The van der Waals surface area contributed by atoms with Gasteiger partial charge in [0.1, 0.15) is 6.10 Å². The fraction of sp³-hybridized carbons (Fsp3) is 0.280. The molecular formula is C25H24ClN3O2. The summed E-state index contributed by atoms with van der Waals surface area (Å²) in [6.45, 7) is 3.53. The van der Waals surface area contributed by atoms with Crippen molar-refractivity contribution in [1.82, 2.24) is 9.47 Å². The van der Waals surface area contributed by atoms with Gasteiger partial charge >= 0.3 is 0 Å². The van der Waals surface area contributed by atoms with Gasteiger partial charge in [-0.3, -0.25) is 4.79 Å². The molecule has 0 saturated carbocycles. The summed E-state index contributed by atoms with van der Waals surface area (Å²) in [6, 6.07) is 17.8. The van der Waals surface area contributed by atoms with Crippen LogP contribution in [0, 0.1) is 11.3 Å². The Morgan fingerprint density at radius 2 is 2.03 bits per heavy atom.